The van der Waals surface area contributed by atoms with Gasteiger partial charge < -0.3 is 0 Å². The Morgan fingerprint density at radius 2 is 1.00 bits per heavy atom. The van der Waals surface area contributed by atoms with Crippen LogP contribution in [0, 0.1) is 6.42 Å². The van der Waals surface area contributed by atoms with E-state index in [0.717, 1.165) is 19.3 Å². The van der Waals surface area contributed by atoms with Crippen LogP contribution in [0.5, 0.6) is 0 Å². The lowest BCUT2D eigenvalue weighted by molar-refractivity contribution is 1.24. The number of hydrogen-bond acceptors (Lipinski definition) is 0. The highest BCUT2D eigenvalue weighted by atomic mass is 13.8. The van der Waals surface area contributed by atoms with Gasteiger partial charge in [-0.15, -0.1) is 0 Å². The van der Waals surface area contributed by atoms with Crippen LogP contribution in [0.1, 0.15) is 19.3 Å². The van der Waals surface area contributed by atoms with Crippen molar-refractivity contribution in [3.8, 4) is 0 Å². The zero-order chi connectivity index (χ0) is 9.90. The van der Waals surface area contributed by atoms with Crippen LogP contribution in [0.3, 0.4) is 0 Å². The minimum atomic E-state index is 1.02. The maximum absolute atomic E-state index is 2.20. The third-order valence-corrected chi connectivity index (χ3v) is 1.87. The van der Waals surface area contributed by atoms with Gasteiger partial charge in [0.2, 0.25) is 0 Å². The third kappa shape index (κ3) is 6.24. The predicted molar refractivity (Wildman–Crippen MR) is 63.9 cm³/mol. The molecule has 0 bridgehead atoms. The Kier molecular flexibility index (Phi) is 6.39. The molecule has 0 aromatic heterocycles. The van der Waals surface area contributed by atoms with Crippen LogP contribution >= 0.6 is 0 Å². The molecule has 0 atom stereocenters. The van der Waals surface area contributed by atoms with Gasteiger partial charge in [0, 0.05) is 0 Å². The number of allylic oxidation sites excluding steroid dienone is 10. The van der Waals surface area contributed by atoms with Crippen LogP contribution in [-0.4, -0.2) is 0 Å². The van der Waals surface area contributed by atoms with E-state index >= 15 is 0 Å². The Labute approximate surface area is 87.0 Å². The van der Waals surface area contributed by atoms with Crippen molar-refractivity contribution in [3.63, 3.8) is 0 Å². The highest BCUT2D eigenvalue weighted by Crippen LogP contribution is 1.97. The average molecular weight is 185 g/mol. The van der Waals surface area contributed by atoms with Crippen LogP contribution in [0.2, 0.25) is 0 Å². The van der Waals surface area contributed by atoms with Crippen molar-refractivity contribution >= 4 is 0 Å². The van der Waals surface area contributed by atoms with Gasteiger partial charge in [-0.1, -0.05) is 60.8 Å². The molecule has 1 aliphatic carbocycles. The summed E-state index contributed by atoms with van der Waals surface area (Å²) in [5, 5.41) is 0. The van der Waals surface area contributed by atoms with E-state index in [0.29, 0.717) is 0 Å². The van der Waals surface area contributed by atoms with Crippen molar-refractivity contribution in [2.24, 2.45) is 0 Å². The minimum absolute atomic E-state index is 1.02. The van der Waals surface area contributed by atoms with E-state index < -0.39 is 0 Å². The first-order valence-electron chi connectivity index (χ1n) is 5.12. The fourth-order valence-corrected chi connectivity index (χ4v) is 1.13. The zero-order valence-corrected chi connectivity index (χ0v) is 8.47. The predicted octanol–water partition coefficient (Wildman–Crippen LogP) is 4.16. The highest BCUT2D eigenvalue weighted by Gasteiger charge is 1.77. The molecule has 1 aliphatic rings. The maximum atomic E-state index is 2.20. The van der Waals surface area contributed by atoms with Gasteiger partial charge in [-0.3, -0.25) is 0 Å². The topological polar surface area (TPSA) is 0 Å². The summed E-state index contributed by atoms with van der Waals surface area (Å²) >= 11 is 0. The molecule has 0 fully saturated rings. The summed E-state index contributed by atoms with van der Waals surface area (Å²) in [5.74, 6) is 0. The summed E-state index contributed by atoms with van der Waals surface area (Å²) in [4.78, 5) is 0. The van der Waals surface area contributed by atoms with Crippen LogP contribution in [0.25, 0.3) is 0 Å². The minimum Gasteiger partial charge on any atom is -0.0876 e. The van der Waals surface area contributed by atoms with Gasteiger partial charge in [0.15, 0.2) is 0 Å². The molecule has 0 aliphatic heterocycles. The molecule has 1 rings (SSSR count). The summed E-state index contributed by atoms with van der Waals surface area (Å²) in [6.07, 6.45) is 26.5. The largest absolute Gasteiger partial charge is 0.0876 e. The molecule has 0 amide bonds. The van der Waals surface area contributed by atoms with Crippen LogP contribution in [0.4, 0.5) is 0 Å². The summed E-state index contributed by atoms with van der Waals surface area (Å²) in [6, 6.07) is 0. The van der Waals surface area contributed by atoms with Crippen molar-refractivity contribution in [2.45, 2.75) is 19.3 Å². The Morgan fingerprint density at radius 3 is 1.86 bits per heavy atom. The van der Waals surface area contributed by atoms with Gasteiger partial charge in [0.25, 0.3) is 0 Å². The standard InChI is InChI=1S/C14H17/c1-2-4-6-8-10-12-14-13-11-9-7-5-3-1/h1-7,10-13H,8-9,14H2/b2-1+,5-3+,6-4-,12-10+,13-11+. The van der Waals surface area contributed by atoms with Gasteiger partial charge in [-0.05, 0) is 25.7 Å². The second kappa shape index (κ2) is 8.31. The van der Waals surface area contributed by atoms with E-state index in [-0.39, 0.29) is 0 Å². The van der Waals surface area contributed by atoms with E-state index in [1.165, 1.54) is 0 Å². The molecule has 0 aromatic carbocycles. The van der Waals surface area contributed by atoms with Crippen LogP contribution in [-0.2, 0) is 0 Å². The van der Waals surface area contributed by atoms with Crippen molar-refractivity contribution in [1.29, 1.82) is 0 Å². The molecule has 0 heteroatoms. The summed E-state index contributed by atoms with van der Waals surface area (Å²) in [5.41, 5.74) is 0. The zero-order valence-electron chi connectivity index (χ0n) is 8.47. The van der Waals surface area contributed by atoms with Gasteiger partial charge in [0.05, 0.1) is 0 Å². The molecule has 0 nitrogen and oxygen atoms in total. The molecule has 73 valence electrons. The average Bonchev–Trinajstić information content (AvgIpc) is 2.22. The second-order valence-electron chi connectivity index (χ2n) is 3.08. The lowest BCUT2D eigenvalue weighted by Gasteiger charge is -1.87. The Morgan fingerprint density at radius 1 is 0.429 bits per heavy atom. The first kappa shape index (κ1) is 10.8. The Bertz CT molecular complexity index is 262. The van der Waals surface area contributed by atoms with Gasteiger partial charge in [-0.2, -0.15) is 0 Å². The van der Waals surface area contributed by atoms with Gasteiger partial charge in [0.1, 0.15) is 0 Å². The molecule has 0 heterocycles. The van der Waals surface area contributed by atoms with Gasteiger partial charge >= 0.3 is 0 Å². The first-order valence-corrected chi connectivity index (χ1v) is 5.12. The molecule has 0 N–H and O–H groups in total. The summed E-state index contributed by atoms with van der Waals surface area (Å²) in [6.45, 7) is 0. The molecule has 0 aromatic rings. The number of rotatable bonds is 0. The second-order valence-corrected chi connectivity index (χ2v) is 3.08. The van der Waals surface area contributed by atoms with E-state index in [1.807, 2.05) is 6.08 Å². The molecule has 14 heavy (non-hydrogen) atoms. The van der Waals surface area contributed by atoms with Gasteiger partial charge in [-0.25, -0.2) is 0 Å². The van der Waals surface area contributed by atoms with Crippen molar-refractivity contribution < 1.29 is 0 Å². The number of hydrogen-bond donors (Lipinski definition) is 0. The molecule has 0 unspecified atom stereocenters. The molecule has 0 saturated heterocycles. The van der Waals surface area contributed by atoms with Crippen molar-refractivity contribution in [1.82, 2.24) is 0 Å². The maximum Gasteiger partial charge on any atom is -0.0130 e. The summed E-state index contributed by atoms with van der Waals surface area (Å²) in [7, 11) is 0. The third-order valence-electron chi connectivity index (χ3n) is 1.87. The SMILES string of the molecule is [CH]1/C=C/C=C/C=C\C/C=C/C/C=C/C1. The summed E-state index contributed by atoms with van der Waals surface area (Å²) < 4.78 is 0. The highest BCUT2D eigenvalue weighted by molar-refractivity contribution is 5.15. The monoisotopic (exact) mass is 185 g/mol. The quantitative estimate of drug-likeness (QED) is 0.497. The lowest BCUT2D eigenvalue weighted by Crippen LogP contribution is -1.67. The van der Waals surface area contributed by atoms with E-state index in [9.17, 15) is 0 Å². The lowest BCUT2D eigenvalue weighted by atomic mass is 10.2. The smallest absolute Gasteiger partial charge is 0.0130 e. The van der Waals surface area contributed by atoms with Crippen LogP contribution < -0.4 is 0 Å². The Hall–Kier alpha value is -1.30. The molecule has 0 saturated carbocycles. The fraction of sp³-hybridized carbons (Fsp3) is 0.214. The van der Waals surface area contributed by atoms with E-state index in [2.05, 4.69) is 61.1 Å². The van der Waals surface area contributed by atoms with Crippen molar-refractivity contribution in [3.05, 3.63) is 67.2 Å². The molecular weight excluding hydrogens is 168 g/mol. The molecule has 0 spiro atoms. The molecule has 1 radical (unpaired) electrons. The van der Waals surface area contributed by atoms with E-state index in [1.54, 1.807) is 0 Å². The normalized spacial score (nSPS) is 29.7. The van der Waals surface area contributed by atoms with Crippen molar-refractivity contribution in [2.75, 3.05) is 0 Å². The van der Waals surface area contributed by atoms with E-state index in [4.69, 9.17) is 0 Å². The first-order chi connectivity index (χ1) is 7.00. The molecular formula is C14H17. The fourth-order valence-electron chi connectivity index (χ4n) is 1.13. The Balaban J connectivity index is 2.45. The van der Waals surface area contributed by atoms with Crippen LogP contribution in [0.15, 0.2) is 60.8 Å².